The van der Waals surface area contributed by atoms with E-state index < -0.39 is 0 Å². The van der Waals surface area contributed by atoms with Gasteiger partial charge in [-0.15, -0.1) is 0 Å². The molecule has 0 aromatic rings. The molecular formula is C31H50N2S2. The predicted octanol–water partition coefficient (Wildman–Crippen LogP) is 9.87. The lowest BCUT2D eigenvalue weighted by atomic mass is 9.47. The summed E-state index contributed by atoms with van der Waals surface area (Å²) < 4.78 is 0. The molecule has 4 aliphatic rings. The van der Waals surface area contributed by atoms with Crippen molar-refractivity contribution in [1.29, 1.82) is 0 Å². The summed E-state index contributed by atoms with van der Waals surface area (Å²) in [6.07, 6.45) is 26.6. The van der Waals surface area contributed by atoms with Crippen molar-refractivity contribution in [2.75, 3.05) is 0 Å². The van der Waals surface area contributed by atoms with E-state index >= 15 is 0 Å². The largest absolute Gasteiger partial charge is 0.229 e. The topological polar surface area (TPSA) is 24.7 Å². The highest BCUT2D eigenvalue weighted by atomic mass is 32.1. The lowest BCUT2D eigenvalue weighted by Crippen LogP contribution is -2.47. The molecule has 0 atom stereocenters. The van der Waals surface area contributed by atoms with Gasteiger partial charge in [0, 0.05) is 0 Å². The van der Waals surface area contributed by atoms with Crippen molar-refractivity contribution in [2.45, 2.75) is 148 Å². The van der Waals surface area contributed by atoms with Crippen LogP contribution in [-0.4, -0.2) is 22.4 Å². The van der Waals surface area contributed by atoms with Gasteiger partial charge in [-0.1, -0.05) is 20.3 Å². The number of nitrogens with zero attached hydrogens (tertiary/aromatic N) is 2. The van der Waals surface area contributed by atoms with E-state index in [4.69, 9.17) is 24.4 Å². The van der Waals surface area contributed by atoms with Crippen LogP contribution in [0.5, 0.6) is 0 Å². The molecule has 4 aliphatic carbocycles. The second kappa shape index (κ2) is 12.9. The van der Waals surface area contributed by atoms with E-state index in [9.17, 15) is 0 Å². The van der Waals surface area contributed by atoms with Gasteiger partial charge in [-0.25, -0.2) is 9.98 Å². The zero-order chi connectivity index (χ0) is 24.7. The number of thiocarbonyl (C=S) groups is 2. The highest BCUT2D eigenvalue weighted by Gasteiger charge is 2.52. The summed E-state index contributed by atoms with van der Waals surface area (Å²) in [5.41, 5.74) is 1.22. The van der Waals surface area contributed by atoms with Crippen LogP contribution in [0.15, 0.2) is 9.98 Å². The highest BCUT2D eigenvalue weighted by molar-refractivity contribution is 7.78. The Morgan fingerprint density at radius 2 is 0.943 bits per heavy atom. The smallest absolute Gasteiger partial charge is 0.0603 e. The monoisotopic (exact) mass is 514 g/mol. The van der Waals surface area contributed by atoms with Crippen LogP contribution in [0.2, 0.25) is 0 Å². The van der Waals surface area contributed by atoms with Gasteiger partial charge >= 0.3 is 0 Å². The van der Waals surface area contributed by atoms with Crippen molar-refractivity contribution in [3.63, 3.8) is 0 Å². The number of aliphatic imine (C=N–C) groups is 2. The number of hydrogen-bond donors (Lipinski definition) is 0. The van der Waals surface area contributed by atoms with Crippen molar-refractivity contribution < 1.29 is 0 Å². The molecule has 4 heteroatoms. The van der Waals surface area contributed by atoms with Gasteiger partial charge in [-0.3, -0.25) is 0 Å². The maximum absolute atomic E-state index is 4.85. The van der Waals surface area contributed by atoms with Crippen LogP contribution >= 0.6 is 24.4 Å². The fraction of sp³-hybridized carbons (Fsp3) is 0.935. The zero-order valence-corrected chi connectivity index (χ0v) is 24.2. The van der Waals surface area contributed by atoms with Crippen LogP contribution in [0.25, 0.3) is 0 Å². The summed E-state index contributed by atoms with van der Waals surface area (Å²) in [6.45, 7) is 4.98. The number of rotatable bonds is 8. The molecule has 2 nitrogen and oxygen atoms in total. The summed E-state index contributed by atoms with van der Waals surface area (Å²) >= 11 is 9.71. The van der Waals surface area contributed by atoms with Crippen molar-refractivity contribution in [3.8, 4) is 0 Å². The number of hydrogen-bond acceptors (Lipinski definition) is 4. The van der Waals surface area contributed by atoms with Gasteiger partial charge in [0.1, 0.15) is 0 Å². The van der Waals surface area contributed by atoms with E-state index in [1.165, 1.54) is 122 Å². The van der Waals surface area contributed by atoms with E-state index in [0.717, 1.165) is 23.7 Å². The van der Waals surface area contributed by atoms with Crippen molar-refractivity contribution >= 4 is 34.8 Å². The Morgan fingerprint density at radius 1 is 0.571 bits per heavy atom. The van der Waals surface area contributed by atoms with E-state index in [1.54, 1.807) is 0 Å². The van der Waals surface area contributed by atoms with Crippen molar-refractivity contribution in [1.82, 2.24) is 0 Å². The zero-order valence-electron chi connectivity index (χ0n) is 22.6. The first-order valence-electron chi connectivity index (χ1n) is 15.2. The molecule has 0 saturated heterocycles. The second-order valence-electron chi connectivity index (χ2n) is 12.9. The Balaban J connectivity index is 1.35. The Bertz CT molecular complexity index is 749. The Kier molecular flexibility index (Phi) is 10.2. The van der Waals surface area contributed by atoms with Gasteiger partial charge in [0.25, 0.3) is 0 Å². The molecule has 4 saturated carbocycles. The van der Waals surface area contributed by atoms with Crippen LogP contribution in [0.4, 0.5) is 0 Å². The van der Waals surface area contributed by atoms with Gasteiger partial charge in [0.2, 0.25) is 0 Å². The Morgan fingerprint density at radius 3 is 1.29 bits per heavy atom. The first-order valence-corrected chi connectivity index (χ1v) is 16.0. The molecular weight excluding hydrogens is 464 g/mol. The lowest BCUT2D eigenvalue weighted by molar-refractivity contribution is -0.0751. The van der Waals surface area contributed by atoms with Gasteiger partial charge < -0.3 is 0 Å². The summed E-state index contributed by atoms with van der Waals surface area (Å²) in [5.74, 6) is 3.81. The lowest BCUT2D eigenvalue weighted by Gasteiger charge is -2.58. The summed E-state index contributed by atoms with van der Waals surface area (Å²) in [7, 11) is 0. The van der Waals surface area contributed by atoms with Crippen LogP contribution in [0.3, 0.4) is 0 Å². The van der Waals surface area contributed by atoms with Crippen LogP contribution in [0.1, 0.15) is 136 Å². The molecule has 196 valence electrons. The molecule has 0 radical (unpaired) electrons. The normalized spacial score (nSPS) is 42.5. The minimum absolute atomic E-state index is 0.466. The second-order valence-corrected chi connectivity index (χ2v) is 13.3. The van der Waals surface area contributed by atoms with E-state index in [-0.39, 0.29) is 0 Å². The molecule has 0 aromatic heterocycles. The maximum Gasteiger partial charge on any atom is 0.0603 e. The molecule has 0 spiro atoms. The molecule has 4 fully saturated rings. The van der Waals surface area contributed by atoms with Crippen molar-refractivity contribution in [3.05, 3.63) is 0 Å². The van der Waals surface area contributed by atoms with Crippen LogP contribution in [-0.2, 0) is 0 Å². The fourth-order valence-corrected chi connectivity index (χ4v) is 9.96. The molecule has 0 amide bonds. The van der Waals surface area contributed by atoms with Crippen LogP contribution < -0.4 is 0 Å². The van der Waals surface area contributed by atoms with Gasteiger partial charge in [0.15, 0.2) is 0 Å². The van der Waals surface area contributed by atoms with E-state index in [2.05, 4.69) is 34.2 Å². The average Bonchev–Trinajstić information content (AvgIpc) is 2.91. The van der Waals surface area contributed by atoms with E-state index in [0.29, 0.717) is 22.9 Å². The van der Waals surface area contributed by atoms with Gasteiger partial charge in [-0.05, 0) is 175 Å². The van der Waals surface area contributed by atoms with Crippen LogP contribution in [0, 0.1) is 34.5 Å². The third-order valence-corrected chi connectivity index (χ3v) is 12.0. The van der Waals surface area contributed by atoms with E-state index in [1.807, 2.05) is 0 Å². The molecule has 0 N–H and O–H groups in total. The molecule has 4 rings (SSSR count). The van der Waals surface area contributed by atoms with Crippen molar-refractivity contribution in [2.24, 2.45) is 44.5 Å². The Labute approximate surface area is 226 Å². The predicted molar refractivity (Wildman–Crippen MR) is 156 cm³/mol. The Hall–Kier alpha value is -0.400. The minimum Gasteiger partial charge on any atom is -0.229 e. The minimum atomic E-state index is 0.466. The third kappa shape index (κ3) is 6.19. The third-order valence-electron chi connectivity index (χ3n) is 11.8. The first kappa shape index (κ1) is 27.6. The molecule has 0 aliphatic heterocycles. The average molecular weight is 515 g/mol. The summed E-state index contributed by atoms with van der Waals surface area (Å²) in [5, 5.41) is 5.26. The highest BCUT2D eigenvalue weighted by Crippen LogP contribution is 2.63. The molecule has 0 unspecified atom stereocenters. The molecule has 0 bridgehead atoms. The first-order chi connectivity index (χ1) is 17.1. The number of isothiocyanates is 2. The standard InChI is InChI=1S/C31H50N2S2/c1-3-17-31(20-15-27(16-21-31)25-7-11-29(12-8-25)33-23-35)30(4-2)18-13-26(14-19-30)24-5-9-28(10-6-24)32-22-34/h24-29H,3-21H2,1-2H3. The van der Waals surface area contributed by atoms with Gasteiger partial charge in [0.05, 0.1) is 22.4 Å². The molecule has 0 aromatic carbocycles. The fourth-order valence-electron chi connectivity index (χ4n) is 9.66. The molecule has 35 heavy (non-hydrogen) atoms. The summed E-state index contributed by atoms with van der Waals surface area (Å²) in [6, 6.07) is 0.931. The maximum atomic E-state index is 4.85. The quantitative estimate of drug-likeness (QED) is 0.238. The summed E-state index contributed by atoms with van der Waals surface area (Å²) in [4.78, 5) is 8.79. The SMILES string of the molecule is CCCC1(C2(CC)CCC(C3CCC(N=C=S)CC3)CC2)CCC(C2CCC(N=C=S)CC2)CC1. The molecule has 0 heterocycles. The van der Waals surface area contributed by atoms with Gasteiger partial charge in [-0.2, -0.15) is 0 Å².